The Labute approximate surface area is 191 Å². The highest BCUT2D eigenvalue weighted by atomic mass is 19.4. The molecule has 34 heavy (non-hydrogen) atoms. The van der Waals surface area contributed by atoms with E-state index in [4.69, 9.17) is 0 Å². The van der Waals surface area contributed by atoms with Crippen molar-refractivity contribution in [2.45, 2.75) is 38.0 Å². The molecule has 5 amide bonds. The molecule has 0 saturated carbocycles. The Kier molecular flexibility index (Phi) is 5.50. The number of fused-ring (bicyclic) bond motifs is 1. The molecule has 2 aliphatic heterocycles. The number of nitrogens with one attached hydrogen (secondary N) is 2. The molecule has 8 nitrogen and oxygen atoms in total. The van der Waals surface area contributed by atoms with Gasteiger partial charge in [-0.25, -0.2) is 0 Å². The zero-order valence-electron chi connectivity index (χ0n) is 17.8. The number of rotatable bonds is 4. The third-order valence-electron chi connectivity index (χ3n) is 5.96. The normalized spacial score (nSPS) is 20.3. The van der Waals surface area contributed by atoms with Crippen LogP contribution in [0.2, 0.25) is 0 Å². The van der Waals surface area contributed by atoms with Crippen LogP contribution in [0, 0.1) is 0 Å². The first-order valence-corrected chi connectivity index (χ1v) is 10.2. The lowest BCUT2D eigenvalue weighted by atomic mass is 9.89. The van der Waals surface area contributed by atoms with Crippen LogP contribution in [0.4, 0.5) is 13.2 Å². The largest absolute Gasteiger partial charge is 0.417 e. The lowest BCUT2D eigenvalue weighted by Gasteiger charge is -2.38. The van der Waals surface area contributed by atoms with Gasteiger partial charge in [-0.3, -0.25) is 34.2 Å². The Morgan fingerprint density at radius 1 is 1.06 bits per heavy atom. The van der Waals surface area contributed by atoms with Crippen molar-refractivity contribution in [3.05, 3.63) is 70.3 Å². The van der Waals surface area contributed by atoms with Crippen LogP contribution < -0.4 is 10.6 Å². The summed E-state index contributed by atoms with van der Waals surface area (Å²) in [6.45, 7) is 1.20. The van der Waals surface area contributed by atoms with Gasteiger partial charge in [0.05, 0.1) is 22.3 Å². The molecule has 0 aromatic heterocycles. The summed E-state index contributed by atoms with van der Waals surface area (Å²) in [4.78, 5) is 63.1. The number of benzene rings is 2. The van der Waals surface area contributed by atoms with E-state index < -0.39 is 52.4 Å². The summed E-state index contributed by atoms with van der Waals surface area (Å²) in [5, 5.41) is 4.53. The highest BCUT2D eigenvalue weighted by molar-refractivity contribution is 6.24. The Morgan fingerprint density at radius 2 is 1.74 bits per heavy atom. The quantitative estimate of drug-likeness (QED) is 0.663. The minimum atomic E-state index is -4.70. The third-order valence-corrected chi connectivity index (χ3v) is 5.96. The van der Waals surface area contributed by atoms with Crippen LogP contribution in [0.3, 0.4) is 0 Å². The average Bonchev–Trinajstić information content (AvgIpc) is 3.04. The summed E-state index contributed by atoms with van der Waals surface area (Å²) in [5.74, 6) is -3.63. The molecule has 0 bridgehead atoms. The van der Waals surface area contributed by atoms with Crippen LogP contribution in [0.1, 0.15) is 62.0 Å². The van der Waals surface area contributed by atoms with Crippen LogP contribution in [-0.4, -0.2) is 40.0 Å². The predicted molar refractivity (Wildman–Crippen MR) is 110 cm³/mol. The molecule has 0 aliphatic carbocycles. The van der Waals surface area contributed by atoms with Gasteiger partial charge < -0.3 is 5.32 Å². The molecule has 1 saturated heterocycles. The number of hydrogen-bond acceptors (Lipinski definition) is 5. The maximum absolute atomic E-state index is 13.2. The van der Waals surface area contributed by atoms with Gasteiger partial charge in [0.2, 0.25) is 5.91 Å². The predicted octanol–water partition coefficient (Wildman–Crippen LogP) is 2.43. The minimum absolute atomic E-state index is 0.00151. The van der Waals surface area contributed by atoms with Crippen molar-refractivity contribution >= 4 is 29.5 Å². The summed E-state index contributed by atoms with van der Waals surface area (Å²) < 4.78 is 39.5. The molecule has 2 aromatic carbocycles. The number of imide groups is 2. The fraction of sp³-hybridized carbons (Fsp3) is 0.261. The number of amides is 5. The fourth-order valence-corrected chi connectivity index (χ4v) is 4.06. The topological polar surface area (TPSA) is 113 Å². The Bertz CT molecular complexity index is 1260. The molecule has 2 aromatic rings. The van der Waals surface area contributed by atoms with Crippen LogP contribution in [0.25, 0.3) is 0 Å². The van der Waals surface area contributed by atoms with Gasteiger partial charge in [-0.2, -0.15) is 13.2 Å². The molecule has 11 heteroatoms. The Balaban J connectivity index is 1.54. The van der Waals surface area contributed by atoms with Crippen molar-refractivity contribution in [1.82, 2.24) is 15.5 Å². The first-order valence-electron chi connectivity index (χ1n) is 10.2. The molecule has 2 heterocycles. The molecule has 2 N–H and O–H groups in total. The number of alkyl halides is 3. The highest BCUT2D eigenvalue weighted by Gasteiger charge is 2.52. The first-order chi connectivity index (χ1) is 15.9. The number of carbonyl (C=O) groups excluding carboxylic acids is 5. The van der Waals surface area contributed by atoms with Crippen molar-refractivity contribution in [3.63, 3.8) is 0 Å². The number of halogens is 3. The van der Waals surface area contributed by atoms with E-state index in [9.17, 15) is 37.1 Å². The molecule has 176 valence electrons. The number of hydrogen-bond donors (Lipinski definition) is 2. The van der Waals surface area contributed by atoms with Crippen molar-refractivity contribution in [2.24, 2.45) is 0 Å². The molecule has 1 atom stereocenters. The van der Waals surface area contributed by atoms with Crippen LogP contribution in [0.15, 0.2) is 42.5 Å². The summed E-state index contributed by atoms with van der Waals surface area (Å²) >= 11 is 0. The van der Waals surface area contributed by atoms with E-state index in [2.05, 4.69) is 10.6 Å². The van der Waals surface area contributed by atoms with Crippen LogP contribution in [0.5, 0.6) is 0 Å². The Hall–Kier alpha value is -4.02. The number of nitrogens with zero attached hydrogens (tertiary/aromatic N) is 1. The fourth-order valence-electron chi connectivity index (χ4n) is 4.06. The SMILES string of the molecule is C[C@]1(N2C(=O)c3ccc(CNC(=O)c4ccccc4C(F)(F)F)cc3C2=O)CCC(=O)NC1=O. The van der Waals surface area contributed by atoms with Crippen molar-refractivity contribution in [1.29, 1.82) is 0 Å². The van der Waals surface area contributed by atoms with Crippen molar-refractivity contribution < 1.29 is 37.1 Å². The first kappa shape index (κ1) is 23.1. The lowest BCUT2D eigenvalue weighted by molar-refractivity contribution is -0.141. The maximum Gasteiger partial charge on any atom is 0.417 e. The van der Waals surface area contributed by atoms with Gasteiger partial charge in [-0.15, -0.1) is 0 Å². The molecular weight excluding hydrogens is 455 g/mol. The smallest absolute Gasteiger partial charge is 0.348 e. The molecule has 4 rings (SSSR count). The second-order valence-electron chi connectivity index (χ2n) is 8.20. The van der Waals surface area contributed by atoms with Gasteiger partial charge in [0.1, 0.15) is 5.54 Å². The third kappa shape index (κ3) is 3.82. The molecular formula is C23H18F3N3O5. The molecule has 0 spiro atoms. The summed E-state index contributed by atoms with van der Waals surface area (Å²) in [5.41, 5.74) is -2.74. The van der Waals surface area contributed by atoms with Crippen LogP contribution in [-0.2, 0) is 22.3 Å². The average molecular weight is 473 g/mol. The zero-order valence-corrected chi connectivity index (χ0v) is 17.8. The van der Waals surface area contributed by atoms with Gasteiger partial charge in [0.15, 0.2) is 0 Å². The minimum Gasteiger partial charge on any atom is -0.348 e. The second-order valence-corrected chi connectivity index (χ2v) is 8.20. The van der Waals surface area contributed by atoms with E-state index >= 15 is 0 Å². The van der Waals surface area contributed by atoms with Crippen LogP contribution >= 0.6 is 0 Å². The number of piperidine rings is 1. The van der Waals surface area contributed by atoms with Gasteiger partial charge in [0.25, 0.3) is 23.6 Å². The standard InChI is InChI=1S/C23H18F3N3O5/c1-22(9-8-17(30)28-21(22)34)29-19(32)13-7-6-12(10-15(13)20(29)33)11-27-18(31)14-4-2-3-5-16(14)23(24,25)26/h2-7,10H,8-9,11H2,1H3,(H,27,31)(H,28,30,34)/t22-/m0/s1. The van der Waals surface area contributed by atoms with Gasteiger partial charge in [-0.1, -0.05) is 18.2 Å². The van der Waals surface area contributed by atoms with E-state index in [1.54, 1.807) is 0 Å². The molecule has 0 radical (unpaired) electrons. The second kappa shape index (κ2) is 8.08. The van der Waals surface area contributed by atoms with E-state index in [1.807, 2.05) is 0 Å². The summed E-state index contributed by atoms with van der Waals surface area (Å²) in [7, 11) is 0. The lowest BCUT2D eigenvalue weighted by Crippen LogP contribution is -2.62. The van der Waals surface area contributed by atoms with Crippen molar-refractivity contribution in [2.75, 3.05) is 0 Å². The molecule has 1 fully saturated rings. The monoisotopic (exact) mass is 473 g/mol. The van der Waals surface area contributed by atoms with Crippen molar-refractivity contribution in [3.8, 4) is 0 Å². The Morgan fingerprint density at radius 3 is 2.41 bits per heavy atom. The van der Waals surface area contributed by atoms with E-state index in [0.717, 1.165) is 17.0 Å². The summed E-state index contributed by atoms with van der Waals surface area (Å²) in [6.07, 6.45) is -4.76. The van der Waals surface area contributed by atoms with E-state index in [-0.39, 0.29) is 30.5 Å². The van der Waals surface area contributed by atoms with E-state index in [1.165, 1.54) is 37.3 Å². The zero-order chi connectivity index (χ0) is 24.8. The van der Waals surface area contributed by atoms with Gasteiger partial charge >= 0.3 is 6.18 Å². The highest BCUT2D eigenvalue weighted by Crippen LogP contribution is 2.35. The van der Waals surface area contributed by atoms with Gasteiger partial charge in [-0.05, 0) is 43.2 Å². The van der Waals surface area contributed by atoms with Gasteiger partial charge in [0, 0.05) is 13.0 Å². The molecule has 2 aliphatic rings. The number of carbonyl (C=O) groups is 5. The van der Waals surface area contributed by atoms with E-state index in [0.29, 0.717) is 5.56 Å². The summed E-state index contributed by atoms with van der Waals surface area (Å²) in [6, 6.07) is 8.51. The maximum atomic E-state index is 13.2. The molecule has 0 unspecified atom stereocenters.